The van der Waals surface area contributed by atoms with Crippen molar-refractivity contribution >= 4 is 33.5 Å². The molecule has 0 saturated heterocycles. The maximum Gasteiger partial charge on any atom is 0.268 e. The normalized spacial score (nSPS) is 18.0. The first-order chi connectivity index (χ1) is 17.0. The van der Waals surface area contributed by atoms with E-state index in [2.05, 4.69) is 40.2 Å². The van der Waals surface area contributed by atoms with Gasteiger partial charge in [0.2, 0.25) is 5.90 Å². The molecule has 180 valence electrons. The van der Waals surface area contributed by atoms with E-state index in [-0.39, 0.29) is 23.9 Å². The molecule has 0 atom stereocenters. The van der Waals surface area contributed by atoms with Crippen LogP contribution in [0.15, 0.2) is 66.7 Å². The minimum Gasteiger partial charge on any atom is -0.478 e. The highest BCUT2D eigenvalue weighted by molar-refractivity contribution is 6.01. The van der Waals surface area contributed by atoms with Crippen molar-refractivity contribution in [3.8, 4) is 0 Å². The molecule has 3 aromatic carbocycles. The van der Waals surface area contributed by atoms with E-state index in [1.807, 2.05) is 43.3 Å². The summed E-state index contributed by atoms with van der Waals surface area (Å²) in [6, 6.07) is 22.7. The molecule has 1 aliphatic rings. The first-order valence-electron chi connectivity index (χ1n) is 12.4. The van der Waals surface area contributed by atoms with Gasteiger partial charge in [-0.05, 0) is 67.1 Å². The van der Waals surface area contributed by atoms with Crippen molar-refractivity contribution < 1.29 is 9.53 Å². The van der Waals surface area contributed by atoms with Crippen LogP contribution >= 0.6 is 0 Å². The molecule has 0 spiro atoms. The number of ether oxygens (including phenoxy) is 1. The molecule has 1 heterocycles. The van der Waals surface area contributed by atoms with Gasteiger partial charge in [0.25, 0.3) is 5.91 Å². The van der Waals surface area contributed by atoms with Crippen LogP contribution in [0.2, 0.25) is 0 Å². The molecule has 4 N–H and O–H groups in total. The highest BCUT2D eigenvalue weighted by Crippen LogP contribution is 2.27. The quantitative estimate of drug-likeness (QED) is 0.268. The first kappa shape index (κ1) is 23.1. The van der Waals surface area contributed by atoms with Gasteiger partial charge in [-0.15, -0.1) is 0 Å². The third-order valence-electron chi connectivity index (χ3n) is 7.00. The van der Waals surface area contributed by atoms with Gasteiger partial charge >= 0.3 is 0 Å². The molecule has 6 heteroatoms. The second kappa shape index (κ2) is 9.92. The van der Waals surface area contributed by atoms with Gasteiger partial charge in [0.1, 0.15) is 5.69 Å². The van der Waals surface area contributed by atoms with Crippen LogP contribution in [-0.2, 0) is 11.3 Å². The zero-order valence-electron chi connectivity index (χ0n) is 20.1. The first-order valence-corrected chi connectivity index (χ1v) is 12.4. The predicted octanol–water partition coefficient (Wildman–Crippen LogP) is 5.20. The summed E-state index contributed by atoms with van der Waals surface area (Å²) >= 11 is 0. The van der Waals surface area contributed by atoms with E-state index in [0.717, 1.165) is 42.1 Å². The lowest BCUT2D eigenvalue weighted by atomic mass is 9.92. The van der Waals surface area contributed by atoms with Crippen LogP contribution in [0.5, 0.6) is 0 Å². The molecule has 1 fully saturated rings. The number of nitrogens with zero attached hydrogens (tertiary/aromatic N) is 1. The van der Waals surface area contributed by atoms with Gasteiger partial charge in [-0.3, -0.25) is 10.2 Å². The van der Waals surface area contributed by atoms with Crippen molar-refractivity contribution in [2.45, 2.75) is 51.2 Å². The number of hydrogen-bond donors (Lipinski definition) is 3. The summed E-state index contributed by atoms with van der Waals surface area (Å²) in [5.41, 5.74) is 9.44. The highest BCUT2D eigenvalue weighted by atomic mass is 16.5. The second-order valence-corrected chi connectivity index (χ2v) is 9.37. The van der Waals surface area contributed by atoms with Crippen LogP contribution in [0.1, 0.15) is 54.2 Å². The maximum absolute atomic E-state index is 13.5. The number of fused-ring (bicyclic) bond motifs is 2. The Bertz CT molecular complexity index is 1380. The minimum atomic E-state index is -0.0663. The summed E-state index contributed by atoms with van der Waals surface area (Å²) in [5.74, 6) is 0.0696. The van der Waals surface area contributed by atoms with Gasteiger partial charge in [0.05, 0.1) is 6.61 Å². The third kappa shape index (κ3) is 4.80. The van der Waals surface area contributed by atoms with Crippen LogP contribution in [0.25, 0.3) is 21.7 Å². The van der Waals surface area contributed by atoms with E-state index >= 15 is 0 Å². The average molecular weight is 469 g/mol. The summed E-state index contributed by atoms with van der Waals surface area (Å²) < 4.78 is 7.51. The van der Waals surface area contributed by atoms with E-state index in [1.54, 1.807) is 0 Å². The third-order valence-corrected chi connectivity index (χ3v) is 7.00. The Balaban J connectivity index is 1.57. The van der Waals surface area contributed by atoms with Crippen LogP contribution < -0.4 is 11.1 Å². The zero-order chi connectivity index (χ0) is 24.4. The molecule has 5 rings (SSSR count). The molecule has 0 radical (unpaired) electrons. The Kier molecular flexibility index (Phi) is 6.55. The number of hydrogen-bond acceptors (Lipinski definition) is 4. The van der Waals surface area contributed by atoms with Crippen molar-refractivity contribution in [2.24, 2.45) is 5.73 Å². The summed E-state index contributed by atoms with van der Waals surface area (Å²) in [6.07, 6.45) is 3.69. The topological polar surface area (TPSA) is 93.1 Å². The molecular formula is C29H32N4O2. The van der Waals surface area contributed by atoms with E-state index in [1.165, 1.54) is 10.8 Å². The standard InChI is InChI=1S/C29H32N4O2/c1-2-35-28(31)21-11-10-20-16-27(29(34)32-24-14-12-23(30)13-15-24)33(26(20)17-21)18-22-8-5-7-19-6-3-4-9-25(19)22/h3-11,16-17,23-24,31H,2,12-15,18,30H2,1H3,(H,32,34)/t23-,24-. The molecule has 1 amide bonds. The van der Waals surface area contributed by atoms with Gasteiger partial charge in [-0.2, -0.15) is 0 Å². The van der Waals surface area contributed by atoms with E-state index in [9.17, 15) is 4.79 Å². The van der Waals surface area contributed by atoms with Crippen LogP contribution in [0.3, 0.4) is 0 Å². The molecule has 35 heavy (non-hydrogen) atoms. The van der Waals surface area contributed by atoms with Gasteiger partial charge < -0.3 is 20.4 Å². The number of nitrogens with one attached hydrogen (secondary N) is 2. The van der Waals surface area contributed by atoms with Gasteiger partial charge in [-0.25, -0.2) is 0 Å². The van der Waals surface area contributed by atoms with Gasteiger partial charge in [0.15, 0.2) is 0 Å². The smallest absolute Gasteiger partial charge is 0.268 e. The molecule has 1 aliphatic carbocycles. The summed E-state index contributed by atoms with van der Waals surface area (Å²) in [7, 11) is 0. The Hall–Kier alpha value is -3.64. The van der Waals surface area contributed by atoms with Crippen molar-refractivity contribution in [2.75, 3.05) is 6.61 Å². The fourth-order valence-corrected chi connectivity index (χ4v) is 5.11. The summed E-state index contributed by atoms with van der Waals surface area (Å²) in [4.78, 5) is 13.5. The molecule has 0 unspecified atom stereocenters. The fourth-order valence-electron chi connectivity index (χ4n) is 5.11. The monoisotopic (exact) mass is 468 g/mol. The molecular weight excluding hydrogens is 436 g/mol. The molecule has 4 aromatic rings. The molecule has 1 saturated carbocycles. The Morgan fingerprint density at radius 1 is 1.03 bits per heavy atom. The van der Waals surface area contributed by atoms with Crippen LogP contribution in [0.4, 0.5) is 0 Å². The van der Waals surface area contributed by atoms with E-state index in [4.69, 9.17) is 15.9 Å². The Labute approximate surface area is 205 Å². The predicted molar refractivity (Wildman–Crippen MR) is 141 cm³/mol. The maximum atomic E-state index is 13.5. The van der Waals surface area contributed by atoms with Crippen LogP contribution in [0, 0.1) is 5.41 Å². The summed E-state index contributed by atoms with van der Waals surface area (Å²) in [5, 5.41) is 14.8. The molecule has 0 bridgehead atoms. The molecule has 1 aromatic heterocycles. The van der Waals surface area contributed by atoms with Crippen molar-refractivity contribution in [1.82, 2.24) is 9.88 Å². The number of amides is 1. The van der Waals surface area contributed by atoms with Gasteiger partial charge in [0, 0.05) is 35.1 Å². The number of aromatic nitrogens is 1. The second-order valence-electron chi connectivity index (χ2n) is 9.37. The Morgan fingerprint density at radius 3 is 2.60 bits per heavy atom. The SMILES string of the molecule is CCOC(=N)c1ccc2cc(C(=O)N[C@H]3CC[C@H](N)CC3)n(Cc3cccc4ccccc34)c2c1. The average Bonchev–Trinajstić information content (AvgIpc) is 3.23. The molecule has 6 nitrogen and oxygen atoms in total. The lowest BCUT2D eigenvalue weighted by molar-refractivity contribution is 0.0917. The number of nitrogens with two attached hydrogens (primary N) is 1. The fraction of sp³-hybridized carbons (Fsp3) is 0.310. The minimum absolute atomic E-state index is 0.0663. The number of rotatable bonds is 6. The number of carbonyl (C=O) groups excluding carboxylic acids is 1. The van der Waals surface area contributed by atoms with Crippen molar-refractivity contribution in [1.29, 1.82) is 5.41 Å². The van der Waals surface area contributed by atoms with E-state index in [0.29, 0.717) is 24.4 Å². The largest absolute Gasteiger partial charge is 0.478 e. The van der Waals surface area contributed by atoms with E-state index < -0.39 is 0 Å². The number of benzene rings is 3. The zero-order valence-corrected chi connectivity index (χ0v) is 20.1. The van der Waals surface area contributed by atoms with Crippen molar-refractivity contribution in [3.05, 3.63) is 83.6 Å². The highest BCUT2D eigenvalue weighted by Gasteiger charge is 2.23. The lowest BCUT2D eigenvalue weighted by Crippen LogP contribution is -2.41. The Morgan fingerprint density at radius 2 is 1.80 bits per heavy atom. The summed E-state index contributed by atoms with van der Waals surface area (Å²) in [6.45, 7) is 2.86. The van der Waals surface area contributed by atoms with Crippen molar-refractivity contribution in [3.63, 3.8) is 0 Å². The van der Waals surface area contributed by atoms with Gasteiger partial charge in [-0.1, -0.05) is 48.5 Å². The van der Waals surface area contributed by atoms with Crippen LogP contribution in [-0.4, -0.2) is 35.1 Å². The lowest BCUT2D eigenvalue weighted by Gasteiger charge is -2.27. The number of carbonyl (C=O) groups is 1. The molecule has 0 aliphatic heterocycles.